The number of benzene rings is 1. The van der Waals surface area contributed by atoms with Crippen LogP contribution in [0.1, 0.15) is 36.5 Å². The fourth-order valence-electron chi connectivity index (χ4n) is 3.01. The number of para-hydroxylation sites is 1. The molecule has 1 saturated heterocycles. The van der Waals surface area contributed by atoms with Gasteiger partial charge in [-0.3, -0.25) is 4.90 Å². The number of hydrogen-bond acceptors (Lipinski definition) is 6. The number of rotatable bonds is 5. The molecule has 0 atom stereocenters. The minimum absolute atomic E-state index is 0.460. The highest BCUT2D eigenvalue weighted by Gasteiger charge is 2.16. The summed E-state index contributed by atoms with van der Waals surface area (Å²) in [5, 5.41) is 14.1. The first-order valence-corrected chi connectivity index (χ1v) is 9.30. The molecule has 0 aliphatic carbocycles. The molecule has 1 aliphatic heterocycles. The normalized spacial score (nSPS) is 16.3. The molecule has 2 aromatic heterocycles. The van der Waals surface area contributed by atoms with E-state index in [1.807, 2.05) is 34.8 Å². The maximum absolute atomic E-state index is 5.77. The fraction of sp³-hybridized carbons (Fsp3) is 0.471. The summed E-state index contributed by atoms with van der Waals surface area (Å²) in [5.41, 5.74) is 0. The quantitative estimate of drug-likeness (QED) is 0.712. The molecule has 24 heavy (non-hydrogen) atoms. The lowest BCUT2D eigenvalue weighted by atomic mass is 10.2. The van der Waals surface area contributed by atoms with Gasteiger partial charge in [0.05, 0.1) is 6.54 Å². The summed E-state index contributed by atoms with van der Waals surface area (Å²) in [6.07, 6.45) is 5.22. The van der Waals surface area contributed by atoms with E-state index >= 15 is 0 Å². The fourth-order valence-corrected chi connectivity index (χ4v) is 3.78. The third-order valence-electron chi connectivity index (χ3n) is 4.27. The standard InChI is InChI=1S/C17H21N5OS/c1-2-7-11-21(10-6-1)12-15-18-19-17-22(15)20-16(24-17)13-23-14-8-4-3-5-9-14/h3-5,8-9H,1-2,6-7,10-13H2. The molecule has 3 heterocycles. The van der Waals surface area contributed by atoms with E-state index in [1.54, 1.807) is 0 Å². The molecule has 0 amide bonds. The lowest BCUT2D eigenvalue weighted by Crippen LogP contribution is -2.25. The molecule has 1 aliphatic rings. The summed E-state index contributed by atoms with van der Waals surface area (Å²) in [4.78, 5) is 3.30. The Morgan fingerprint density at radius 1 is 1.00 bits per heavy atom. The highest BCUT2D eigenvalue weighted by atomic mass is 32.1. The van der Waals surface area contributed by atoms with Gasteiger partial charge in [0.25, 0.3) is 0 Å². The van der Waals surface area contributed by atoms with Crippen molar-refractivity contribution in [2.45, 2.75) is 38.8 Å². The van der Waals surface area contributed by atoms with Gasteiger partial charge in [-0.2, -0.15) is 9.61 Å². The molecule has 0 N–H and O–H groups in total. The Bertz CT molecular complexity index is 777. The molecule has 0 radical (unpaired) electrons. The molecule has 3 aromatic rings. The predicted octanol–water partition coefficient (Wildman–Crippen LogP) is 3.14. The van der Waals surface area contributed by atoms with E-state index < -0.39 is 0 Å². The number of likely N-dealkylation sites (tertiary alicyclic amines) is 1. The first-order chi connectivity index (χ1) is 11.9. The van der Waals surface area contributed by atoms with Gasteiger partial charge in [-0.1, -0.05) is 42.4 Å². The summed E-state index contributed by atoms with van der Waals surface area (Å²) in [7, 11) is 0. The van der Waals surface area contributed by atoms with Gasteiger partial charge < -0.3 is 4.74 Å². The van der Waals surface area contributed by atoms with Crippen molar-refractivity contribution in [1.82, 2.24) is 24.7 Å². The molecule has 0 unspecified atom stereocenters. The topological polar surface area (TPSA) is 55.6 Å². The number of aromatic nitrogens is 4. The molecular formula is C17H21N5OS. The molecule has 4 rings (SSSR count). The second-order valence-corrected chi connectivity index (χ2v) is 7.14. The third kappa shape index (κ3) is 3.57. The van der Waals surface area contributed by atoms with Crippen LogP contribution >= 0.6 is 11.3 Å². The highest BCUT2D eigenvalue weighted by molar-refractivity contribution is 7.16. The van der Waals surface area contributed by atoms with Crippen LogP contribution in [-0.2, 0) is 13.2 Å². The van der Waals surface area contributed by atoms with Crippen LogP contribution in [0.15, 0.2) is 30.3 Å². The highest BCUT2D eigenvalue weighted by Crippen LogP contribution is 2.18. The average Bonchev–Trinajstić information content (AvgIpc) is 3.07. The molecule has 6 nitrogen and oxygen atoms in total. The van der Waals surface area contributed by atoms with Gasteiger partial charge in [0.2, 0.25) is 4.96 Å². The number of nitrogens with zero attached hydrogens (tertiary/aromatic N) is 5. The summed E-state index contributed by atoms with van der Waals surface area (Å²) in [6.45, 7) is 3.57. The van der Waals surface area contributed by atoms with Crippen molar-refractivity contribution in [2.75, 3.05) is 13.1 Å². The number of hydrogen-bond donors (Lipinski definition) is 0. The molecule has 7 heteroatoms. The van der Waals surface area contributed by atoms with E-state index in [0.717, 1.165) is 41.2 Å². The molecule has 0 bridgehead atoms. The Balaban J connectivity index is 1.44. The summed E-state index contributed by atoms with van der Waals surface area (Å²) < 4.78 is 7.65. The monoisotopic (exact) mass is 343 g/mol. The lowest BCUT2D eigenvalue weighted by Gasteiger charge is -2.17. The van der Waals surface area contributed by atoms with Crippen molar-refractivity contribution in [1.29, 1.82) is 0 Å². The van der Waals surface area contributed by atoms with Crippen molar-refractivity contribution in [3.63, 3.8) is 0 Å². The minimum atomic E-state index is 0.460. The van der Waals surface area contributed by atoms with Gasteiger partial charge >= 0.3 is 0 Å². The van der Waals surface area contributed by atoms with Crippen LogP contribution in [0.5, 0.6) is 5.75 Å². The first-order valence-electron chi connectivity index (χ1n) is 8.49. The SMILES string of the molecule is c1ccc(OCc2nn3c(CN4CCCCCC4)nnc3s2)cc1. The Labute approximate surface area is 145 Å². The second kappa shape index (κ2) is 7.27. The maximum Gasteiger partial charge on any atom is 0.234 e. The van der Waals surface area contributed by atoms with Crippen LogP contribution < -0.4 is 4.74 Å². The van der Waals surface area contributed by atoms with Crippen LogP contribution in [0, 0.1) is 0 Å². The Morgan fingerprint density at radius 3 is 2.58 bits per heavy atom. The largest absolute Gasteiger partial charge is 0.486 e. The van der Waals surface area contributed by atoms with Gasteiger partial charge in [0, 0.05) is 0 Å². The average molecular weight is 343 g/mol. The van der Waals surface area contributed by atoms with Gasteiger partial charge in [0.1, 0.15) is 12.4 Å². The Morgan fingerprint density at radius 2 is 1.79 bits per heavy atom. The molecule has 1 fully saturated rings. The predicted molar refractivity (Wildman–Crippen MR) is 93.2 cm³/mol. The van der Waals surface area contributed by atoms with Gasteiger partial charge in [-0.25, -0.2) is 0 Å². The molecular weight excluding hydrogens is 322 g/mol. The summed E-state index contributed by atoms with van der Waals surface area (Å²) in [6, 6.07) is 9.81. The smallest absolute Gasteiger partial charge is 0.234 e. The first kappa shape index (κ1) is 15.5. The van der Waals surface area contributed by atoms with E-state index in [-0.39, 0.29) is 0 Å². The van der Waals surface area contributed by atoms with Crippen LogP contribution in [-0.4, -0.2) is 37.8 Å². The van der Waals surface area contributed by atoms with Crippen molar-refractivity contribution in [2.24, 2.45) is 0 Å². The van der Waals surface area contributed by atoms with E-state index in [4.69, 9.17) is 4.74 Å². The second-order valence-electron chi connectivity index (χ2n) is 6.10. The zero-order chi connectivity index (χ0) is 16.2. The van der Waals surface area contributed by atoms with E-state index in [9.17, 15) is 0 Å². The van der Waals surface area contributed by atoms with Crippen molar-refractivity contribution in [3.05, 3.63) is 41.2 Å². The molecule has 1 aromatic carbocycles. The number of fused-ring (bicyclic) bond motifs is 1. The van der Waals surface area contributed by atoms with E-state index in [2.05, 4.69) is 20.2 Å². The van der Waals surface area contributed by atoms with Gasteiger partial charge in [0.15, 0.2) is 10.8 Å². The molecule has 0 spiro atoms. The van der Waals surface area contributed by atoms with Gasteiger partial charge in [-0.15, -0.1) is 10.2 Å². The van der Waals surface area contributed by atoms with Crippen LogP contribution in [0.4, 0.5) is 0 Å². The lowest BCUT2D eigenvalue weighted by molar-refractivity contribution is 0.267. The van der Waals surface area contributed by atoms with Crippen molar-refractivity contribution >= 4 is 16.3 Å². The molecule has 0 saturated carbocycles. The van der Waals surface area contributed by atoms with Crippen LogP contribution in [0.3, 0.4) is 0 Å². The third-order valence-corrected chi connectivity index (χ3v) is 5.14. The van der Waals surface area contributed by atoms with Crippen molar-refractivity contribution < 1.29 is 4.74 Å². The van der Waals surface area contributed by atoms with E-state index in [1.165, 1.54) is 37.0 Å². The zero-order valence-electron chi connectivity index (χ0n) is 13.6. The maximum atomic E-state index is 5.77. The van der Waals surface area contributed by atoms with E-state index in [0.29, 0.717) is 6.61 Å². The zero-order valence-corrected chi connectivity index (χ0v) is 14.4. The van der Waals surface area contributed by atoms with Gasteiger partial charge in [-0.05, 0) is 38.1 Å². The molecule has 126 valence electrons. The Kier molecular flexibility index (Phi) is 4.71. The minimum Gasteiger partial charge on any atom is -0.486 e. The Hall–Kier alpha value is -1.99. The summed E-state index contributed by atoms with van der Waals surface area (Å²) >= 11 is 1.54. The number of ether oxygens (including phenoxy) is 1. The van der Waals surface area contributed by atoms with Crippen LogP contribution in [0.25, 0.3) is 4.96 Å². The van der Waals surface area contributed by atoms with Crippen molar-refractivity contribution in [3.8, 4) is 5.75 Å². The van der Waals surface area contributed by atoms with Crippen LogP contribution in [0.2, 0.25) is 0 Å². The summed E-state index contributed by atoms with van der Waals surface area (Å²) in [5.74, 6) is 1.78.